The molecule has 0 saturated heterocycles. The minimum atomic E-state index is -1.20. The third-order valence-corrected chi connectivity index (χ3v) is 3.37. The largest absolute Gasteiger partial charge is 0.480 e. The van der Waals surface area contributed by atoms with Crippen molar-refractivity contribution in [2.45, 2.75) is 19.4 Å². The molecule has 7 nitrogen and oxygen atoms in total. The summed E-state index contributed by atoms with van der Waals surface area (Å²) in [7, 11) is 0. The van der Waals surface area contributed by atoms with Gasteiger partial charge in [0.1, 0.15) is 6.04 Å². The number of amides is 1. The van der Waals surface area contributed by atoms with E-state index in [1.54, 1.807) is 13.0 Å². The summed E-state index contributed by atoms with van der Waals surface area (Å²) in [6.07, 6.45) is 3.85. The number of esters is 1. The summed E-state index contributed by atoms with van der Waals surface area (Å²) in [5.41, 5.74) is 1.01. The number of fused-ring (bicyclic) bond motifs is 1. The maximum absolute atomic E-state index is 12.3. The van der Waals surface area contributed by atoms with Crippen LogP contribution in [0.1, 0.15) is 23.7 Å². The van der Waals surface area contributed by atoms with Crippen molar-refractivity contribution in [2.75, 3.05) is 6.61 Å². The van der Waals surface area contributed by atoms with Crippen molar-refractivity contribution in [1.82, 2.24) is 10.3 Å². The second-order valence-corrected chi connectivity index (χ2v) is 5.17. The number of hydrogen-bond acceptors (Lipinski definition) is 5. The second-order valence-electron chi connectivity index (χ2n) is 5.17. The predicted molar refractivity (Wildman–Crippen MR) is 91.0 cm³/mol. The number of para-hydroxylation sites is 1. The molecule has 0 saturated carbocycles. The number of rotatable bonds is 7. The van der Waals surface area contributed by atoms with E-state index in [0.29, 0.717) is 0 Å². The average Bonchev–Trinajstić information content (AvgIpc) is 2.60. The van der Waals surface area contributed by atoms with Crippen LogP contribution in [0.5, 0.6) is 0 Å². The average molecular weight is 342 g/mol. The quantitative estimate of drug-likeness (QED) is 0.588. The van der Waals surface area contributed by atoms with Gasteiger partial charge in [0.25, 0.3) is 5.91 Å². The van der Waals surface area contributed by atoms with E-state index in [2.05, 4.69) is 10.3 Å². The standard InChI is InChI=1S/C18H18N2O5/c1-2-25-16(21)9-5-8-15(18(23)24)20-17(22)13-10-12-6-3-4-7-14(12)19-11-13/h3-7,9-11,15H,2,8H2,1H3,(H,20,22)(H,23,24)/b9-5+/t15-/m0/s1. The molecule has 2 aromatic rings. The van der Waals surface area contributed by atoms with Crippen molar-refractivity contribution in [3.8, 4) is 0 Å². The minimum absolute atomic E-state index is 0.0408. The maximum Gasteiger partial charge on any atom is 0.330 e. The number of aromatic nitrogens is 1. The van der Waals surface area contributed by atoms with Crippen molar-refractivity contribution >= 4 is 28.7 Å². The number of ether oxygens (including phenoxy) is 1. The summed E-state index contributed by atoms with van der Waals surface area (Å²) in [5.74, 6) is -2.30. The first-order chi connectivity index (χ1) is 12.0. The number of benzene rings is 1. The smallest absolute Gasteiger partial charge is 0.330 e. The lowest BCUT2D eigenvalue weighted by atomic mass is 10.1. The van der Waals surface area contributed by atoms with Gasteiger partial charge in [-0.25, -0.2) is 9.59 Å². The Morgan fingerprint density at radius 3 is 2.80 bits per heavy atom. The zero-order valence-corrected chi connectivity index (χ0v) is 13.6. The molecule has 25 heavy (non-hydrogen) atoms. The molecule has 0 unspecified atom stereocenters. The van der Waals surface area contributed by atoms with E-state index in [4.69, 9.17) is 4.74 Å². The van der Waals surface area contributed by atoms with Crippen molar-refractivity contribution in [3.63, 3.8) is 0 Å². The van der Waals surface area contributed by atoms with Crippen LogP contribution in [0.4, 0.5) is 0 Å². The molecule has 0 fully saturated rings. The topological polar surface area (TPSA) is 106 Å². The zero-order valence-electron chi connectivity index (χ0n) is 13.6. The molecule has 0 aliphatic rings. The molecule has 0 aliphatic heterocycles. The number of nitrogens with one attached hydrogen (secondary N) is 1. The molecule has 7 heteroatoms. The Labute approximate surface area is 144 Å². The maximum atomic E-state index is 12.3. The van der Waals surface area contributed by atoms with Gasteiger partial charge in [0.05, 0.1) is 17.7 Å². The highest BCUT2D eigenvalue weighted by atomic mass is 16.5. The molecule has 1 amide bonds. The molecular formula is C18H18N2O5. The minimum Gasteiger partial charge on any atom is -0.480 e. The SMILES string of the molecule is CCOC(=O)/C=C/C[C@H](NC(=O)c1cnc2ccccc2c1)C(=O)O. The van der Waals surface area contributed by atoms with Crippen molar-refractivity contribution in [2.24, 2.45) is 0 Å². The molecule has 0 radical (unpaired) electrons. The number of carboxylic acids is 1. The Morgan fingerprint density at radius 1 is 1.32 bits per heavy atom. The molecular weight excluding hydrogens is 324 g/mol. The van der Waals surface area contributed by atoms with Gasteiger partial charge in [0, 0.05) is 17.7 Å². The second kappa shape index (κ2) is 8.58. The van der Waals surface area contributed by atoms with Gasteiger partial charge in [-0.3, -0.25) is 9.78 Å². The van der Waals surface area contributed by atoms with Crippen LogP contribution in [0.15, 0.2) is 48.7 Å². The number of carboxylic acid groups (broad SMARTS) is 1. The monoisotopic (exact) mass is 342 g/mol. The van der Waals surface area contributed by atoms with Crippen LogP contribution in [0.3, 0.4) is 0 Å². The van der Waals surface area contributed by atoms with Gasteiger partial charge in [0.15, 0.2) is 0 Å². The van der Waals surface area contributed by atoms with E-state index < -0.39 is 23.9 Å². The zero-order chi connectivity index (χ0) is 18.2. The van der Waals surface area contributed by atoms with Gasteiger partial charge >= 0.3 is 11.9 Å². The highest BCUT2D eigenvalue weighted by molar-refractivity contribution is 5.99. The number of carbonyl (C=O) groups excluding carboxylic acids is 2. The van der Waals surface area contributed by atoms with Crippen molar-refractivity contribution in [3.05, 3.63) is 54.2 Å². The van der Waals surface area contributed by atoms with Gasteiger partial charge in [-0.05, 0) is 25.5 Å². The number of carbonyl (C=O) groups is 3. The molecule has 1 aromatic heterocycles. The van der Waals surface area contributed by atoms with Crippen LogP contribution < -0.4 is 5.32 Å². The third-order valence-electron chi connectivity index (χ3n) is 3.37. The Hall–Kier alpha value is -3.22. The van der Waals surface area contributed by atoms with Crippen LogP contribution in [-0.2, 0) is 14.3 Å². The lowest BCUT2D eigenvalue weighted by Gasteiger charge is -2.12. The molecule has 1 heterocycles. The first-order valence-corrected chi connectivity index (χ1v) is 7.73. The van der Waals surface area contributed by atoms with Crippen LogP contribution in [-0.4, -0.2) is 40.6 Å². The molecule has 1 aromatic carbocycles. The van der Waals surface area contributed by atoms with Gasteiger partial charge in [-0.1, -0.05) is 24.3 Å². The fourth-order valence-electron chi connectivity index (χ4n) is 2.15. The number of pyridine rings is 1. The normalized spacial score (nSPS) is 12.0. The fourth-order valence-corrected chi connectivity index (χ4v) is 2.15. The Bertz CT molecular complexity index is 816. The Morgan fingerprint density at radius 2 is 2.08 bits per heavy atom. The van der Waals surface area contributed by atoms with E-state index in [1.807, 2.05) is 24.3 Å². The van der Waals surface area contributed by atoms with E-state index >= 15 is 0 Å². The molecule has 0 spiro atoms. The molecule has 0 bridgehead atoms. The lowest BCUT2D eigenvalue weighted by Crippen LogP contribution is -2.40. The fraction of sp³-hybridized carbons (Fsp3) is 0.222. The number of hydrogen-bond donors (Lipinski definition) is 2. The van der Waals surface area contributed by atoms with Crippen molar-refractivity contribution < 1.29 is 24.2 Å². The summed E-state index contributed by atoms with van der Waals surface area (Å²) in [6, 6.07) is 7.78. The molecule has 0 aliphatic carbocycles. The molecule has 1 atom stereocenters. The molecule has 2 N–H and O–H groups in total. The lowest BCUT2D eigenvalue weighted by molar-refractivity contribution is -0.139. The van der Waals surface area contributed by atoms with Crippen LogP contribution in [0.2, 0.25) is 0 Å². The van der Waals surface area contributed by atoms with Crippen LogP contribution in [0, 0.1) is 0 Å². The Balaban J connectivity index is 2.05. The summed E-state index contributed by atoms with van der Waals surface area (Å²) in [4.78, 5) is 39.0. The van der Waals surface area contributed by atoms with Gasteiger partial charge in [-0.2, -0.15) is 0 Å². The first kappa shape index (κ1) is 18.1. The summed E-state index contributed by atoms with van der Waals surface area (Å²) in [6.45, 7) is 1.90. The first-order valence-electron chi connectivity index (χ1n) is 7.73. The van der Waals surface area contributed by atoms with E-state index in [0.717, 1.165) is 17.0 Å². The third kappa shape index (κ3) is 5.13. The summed E-state index contributed by atoms with van der Waals surface area (Å²) >= 11 is 0. The number of nitrogens with zero attached hydrogens (tertiary/aromatic N) is 1. The predicted octanol–water partition coefficient (Wildman–Crippen LogP) is 1.93. The van der Waals surface area contributed by atoms with Crippen LogP contribution >= 0.6 is 0 Å². The highest BCUT2D eigenvalue weighted by Gasteiger charge is 2.20. The van der Waals surface area contributed by atoms with E-state index in [-0.39, 0.29) is 18.6 Å². The van der Waals surface area contributed by atoms with Crippen molar-refractivity contribution in [1.29, 1.82) is 0 Å². The Kier molecular flexibility index (Phi) is 6.22. The summed E-state index contributed by atoms with van der Waals surface area (Å²) in [5, 5.41) is 12.4. The highest BCUT2D eigenvalue weighted by Crippen LogP contribution is 2.13. The van der Waals surface area contributed by atoms with Crippen LogP contribution in [0.25, 0.3) is 10.9 Å². The summed E-state index contributed by atoms with van der Waals surface area (Å²) < 4.78 is 4.71. The molecule has 2 rings (SSSR count). The van der Waals surface area contributed by atoms with Gasteiger partial charge in [-0.15, -0.1) is 0 Å². The van der Waals surface area contributed by atoms with Gasteiger partial charge in [0.2, 0.25) is 0 Å². The van der Waals surface area contributed by atoms with E-state index in [9.17, 15) is 19.5 Å². The number of aliphatic carboxylic acids is 1. The van der Waals surface area contributed by atoms with E-state index in [1.165, 1.54) is 12.3 Å². The molecule has 130 valence electrons. The van der Waals surface area contributed by atoms with Gasteiger partial charge < -0.3 is 15.2 Å².